The fourth-order valence-corrected chi connectivity index (χ4v) is 2.72. The Morgan fingerprint density at radius 3 is 2.77 bits per heavy atom. The van der Waals surface area contributed by atoms with Gasteiger partial charge in [-0.25, -0.2) is 4.39 Å². The average Bonchev–Trinajstić information content (AvgIpc) is 2.06. The van der Waals surface area contributed by atoms with Crippen molar-refractivity contribution in [3.05, 3.63) is 11.9 Å². The van der Waals surface area contributed by atoms with Crippen LogP contribution in [0.1, 0.15) is 19.8 Å². The van der Waals surface area contributed by atoms with Crippen LogP contribution in [-0.2, 0) is 4.79 Å². The van der Waals surface area contributed by atoms with Gasteiger partial charge in [0.05, 0.1) is 5.92 Å². The van der Waals surface area contributed by atoms with E-state index < -0.39 is 11.9 Å². The molecule has 72 valence electrons. The van der Waals surface area contributed by atoms with Gasteiger partial charge in [-0.2, -0.15) is 0 Å². The summed E-state index contributed by atoms with van der Waals surface area (Å²) in [6.07, 6.45) is 3.27. The van der Waals surface area contributed by atoms with Crippen LogP contribution in [0, 0.1) is 23.7 Å². The van der Waals surface area contributed by atoms with Crippen LogP contribution in [0.5, 0.6) is 0 Å². The highest BCUT2D eigenvalue weighted by molar-refractivity contribution is 5.72. The molecule has 2 bridgehead atoms. The number of fused-ring (bicyclic) bond motifs is 2. The summed E-state index contributed by atoms with van der Waals surface area (Å²) >= 11 is 0. The first-order chi connectivity index (χ1) is 6.11. The lowest BCUT2D eigenvalue weighted by Crippen LogP contribution is -2.41. The summed E-state index contributed by atoms with van der Waals surface area (Å²) in [5.41, 5.74) is 0. The van der Waals surface area contributed by atoms with E-state index in [4.69, 9.17) is 5.11 Å². The van der Waals surface area contributed by atoms with Gasteiger partial charge in [0.15, 0.2) is 0 Å². The Morgan fingerprint density at radius 2 is 2.31 bits per heavy atom. The Hall–Kier alpha value is -0.860. The molecule has 1 fully saturated rings. The number of rotatable bonds is 1. The molecule has 4 atom stereocenters. The summed E-state index contributed by atoms with van der Waals surface area (Å²) in [6, 6.07) is 0. The third-order valence-electron chi connectivity index (χ3n) is 3.50. The first kappa shape index (κ1) is 8.73. The molecular formula is C10H13FO2. The molecule has 0 saturated heterocycles. The van der Waals surface area contributed by atoms with Gasteiger partial charge in [0.2, 0.25) is 0 Å². The zero-order valence-corrected chi connectivity index (χ0v) is 7.53. The van der Waals surface area contributed by atoms with Crippen molar-refractivity contribution in [3.63, 3.8) is 0 Å². The minimum absolute atomic E-state index is 0.0933. The molecular weight excluding hydrogens is 171 g/mol. The molecule has 0 spiro atoms. The second-order valence-electron chi connectivity index (χ2n) is 4.12. The standard InChI is InChI=1S/C10H13FO2/c1-5-6-2-3-7(8(11)4-6)9(5)10(12)13/h4-7,9H,2-3H2,1H3,(H,12,13). The predicted molar refractivity (Wildman–Crippen MR) is 45.7 cm³/mol. The van der Waals surface area contributed by atoms with Crippen molar-refractivity contribution >= 4 is 5.97 Å². The smallest absolute Gasteiger partial charge is 0.307 e. The van der Waals surface area contributed by atoms with E-state index in [1.165, 1.54) is 0 Å². The van der Waals surface area contributed by atoms with E-state index >= 15 is 0 Å². The SMILES string of the molecule is CC1C2C=C(F)C(CC2)C1C(=O)O. The van der Waals surface area contributed by atoms with Crippen molar-refractivity contribution in [1.82, 2.24) is 0 Å². The first-order valence-electron chi connectivity index (χ1n) is 4.71. The maximum Gasteiger partial charge on any atom is 0.307 e. The van der Waals surface area contributed by atoms with Gasteiger partial charge < -0.3 is 5.11 Å². The van der Waals surface area contributed by atoms with Crippen molar-refractivity contribution in [1.29, 1.82) is 0 Å². The van der Waals surface area contributed by atoms with Gasteiger partial charge in [-0.1, -0.05) is 6.92 Å². The van der Waals surface area contributed by atoms with Gasteiger partial charge in [-0.3, -0.25) is 4.79 Å². The first-order valence-corrected chi connectivity index (χ1v) is 4.71. The second-order valence-corrected chi connectivity index (χ2v) is 4.12. The fourth-order valence-electron chi connectivity index (χ4n) is 2.72. The molecule has 1 saturated carbocycles. The van der Waals surface area contributed by atoms with Crippen LogP contribution in [0.25, 0.3) is 0 Å². The summed E-state index contributed by atoms with van der Waals surface area (Å²) in [5.74, 6) is -1.64. The summed E-state index contributed by atoms with van der Waals surface area (Å²) in [4.78, 5) is 10.9. The molecule has 0 heterocycles. The molecule has 3 rings (SSSR count). The van der Waals surface area contributed by atoms with Gasteiger partial charge in [0, 0.05) is 5.92 Å². The van der Waals surface area contributed by atoms with Crippen molar-refractivity contribution in [2.75, 3.05) is 0 Å². The Kier molecular flexibility index (Phi) is 1.90. The van der Waals surface area contributed by atoms with Gasteiger partial charge in [0.25, 0.3) is 0 Å². The van der Waals surface area contributed by atoms with Crippen molar-refractivity contribution in [2.24, 2.45) is 23.7 Å². The molecule has 1 N–H and O–H groups in total. The normalized spacial score (nSPS) is 43.1. The van der Waals surface area contributed by atoms with Crippen LogP contribution < -0.4 is 0 Å². The number of carbonyl (C=O) groups is 1. The molecule has 0 aromatic carbocycles. The summed E-state index contributed by atoms with van der Waals surface area (Å²) < 4.78 is 13.3. The molecule has 3 aliphatic carbocycles. The minimum Gasteiger partial charge on any atom is -0.481 e. The van der Waals surface area contributed by atoms with Gasteiger partial charge in [-0.15, -0.1) is 0 Å². The lowest BCUT2D eigenvalue weighted by molar-refractivity contribution is -0.148. The molecule has 0 aromatic rings. The highest BCUT2D eigenvalue weighted by Gasteiger charge is 2.46. The summed E-state index contributed by atoms with van der Waals surface area (Å²) in [7, 11) is 0. The average molecular weight is 184 g/mol. The monoisotopic (exact) mass is 184 g/mol. The van der Waals surface area contributed by atoms with Gasteiger partial charge in [0.1, 0.15) is 5.83 Å². The van der Waals surface area contributed by atoms with E-state index in [0.29, 0.717) is 6.42 Å². The number of aliphatic carboxylic acids is 1. The van der Waals surface area contributed by atoms with Crippen LogP contribution in [0.15, 0.2) is 11.9 Å². The molecule has 0 amide bonds. The van der Waals surface area contributed by atoms with Gasteiger partial charge >= 0.3 is 5.97 Å². The lowest BCUT2D eigenvalue weighted by atomic mass is 9.62. The maximum atomic E-state index is 13.3. The number of carboxylic acid groups (broad SMARTS) is 1. The minimum atomic E-state index is -0.842. The van der Waals surface area contributed by atoms with Crippen LogP contribution in [0.2, 0.25) is 0 Å². The molecule has 0 aromatic heterocycles. The topological polar surface area (TPSA) is 37.3 Å². The summed E-state index contributed by atoms with van der Waals surface area (Å²) in [6.45, 7) is 1.92. The van der Waals surface area contributed by atoms with E-state index in [1.807, 2.05) is 6.92 Å². The van der Waals surface area contributed by atoms with Crippen LogP contribution in [0.3, 0.4) is 0 Å². The largest absolute Gasteiger partial charge is 0.481 e. The van der Waals surface area contributed by atoms with E-state index in [0.717, 1.165) is 6.42 Å². The molecule has 3 aliphatic rings. The van der Waals surface area contributed by atoms with Crippen molar-refractivity contribution in [2.45, 2.75) is 19.8 Å². The molecule has 13 heavy (non-hydrogen) atoms. The second kappa shape index (κ2) is 2.82. The highest BCUT2D eigenvalue weighted by Crippen LogP contribution is 2.48. The van der Waals surface area contributed by atoms with Crippen LogP contribution >= 0.6 is 0 Å². The molecule has 0 aliphatic heterocycles. The third-order valence-corrected chi connectivity index (χ3v) is 3.50. The van der Waals surface area contributed by atoms with E-state index in [1.54, 1.807) is 6.08 Å². The molecule has 2 nitrogen and oxygen atoms in total. The Balaban J connectivity index is 2.33. The molecule has 4 unspecified atom stereocenters. The number of hydrogen-bond acceptors (Lipinski definition) is 1. The lowest BCUT2D eigenvalue weighted by Gasteiger charge is -2.42. The predicted octanol–water partition coefficient (Wildman–Crippen LogP) is 2.22. The summed E-state index contributed by atoms with van der Waals surface area (Å²) in [5, 5.41) is 8.95. The molecule has 0 radical (unpaired) electrons. The number of carboxylic acids is 1. The van der Waals surface area contributed by atoms with E-state index in [9.17, 15) is 9.18 Å². The quantitative estimate of drug-likeness (QED) is 0.678. The van der Waals surface area contributed by atoms with Crippen LogP contribution in [-0.4, -0.2) is 11.1 Å². The van der Waals surface area contributed by atoms with Gasteiger partial charge in [-0.05, 0) is 30.8 Å². The van der Waals surface area contributed by atoms with Crippen molar-refractivity contribution in [3.8, 4) is 0 Å². The van der Waals surface area contributed by atoms with Crippen molar-refractivity contribution < 1.29 is 14.3 Å². The Bertz CT molecular complexity index is 272. The van der Waals surface area contributed by atoms with E-state index in [-0.39, 0.29) is 23.6 Å². The highest BCUT2D eigenvalue weighted by atomic mass is 19.1. The zero-order valence-electron chi connectivity index (χ0n) is 7.53. The number of hydrogen-bond donors (Lipinski definition) is 1. The maximum absolute atomic E-state index is 13.3. The van der Waals surface area contributed by atoms with Crippen LogP contribution in [0.4, 0.5) is 4.39 Å². The Morgan fingerprint density at radius 1 is 1.62 bits per heavy atom. The molecule has 3 heteroatoms. The third kappa shape index (κ3) is 1.18. The fraction of sp³-hybridized carbons (Fsp3) is 0.700. The number of halogens is 1. The van der Waals surface area contributed by atoms with E-state index in [2.05, 4.69) is 0 Å². The Labute approximate surface area is 76.4 Å². The zero-order chi connectivity index (χ0) is 9.59. The number of allylic oxidation sites excluding steroid dienone is 2.